The molecule has 110 valence electrons. The number of halogens is 2. The van der Waals surface area contributed by atoms with Crippen LogP contribution in [0.5, 0.6) is 0 Å². The van der Waals surface area contributed by atoms with Gasteiger partial charge in [0.1, 0.15) is 5.82 Å². The second-order valence-corrected chi connectivity index (χ2v) is 5.90. The number of amides is 1. The molecule has 0 aromatic heterocycles. The van der Waals surface area contributed by atoms with Crippen molar-refractivity contribution in [2.45, 2.75) is 39.3 Å². The molecule has 0 aliphatic heterocycles. The predicted molar refractivity (Wildman–Crippen MR) is 76.7 cm³/mol. The normalized spacial score (nSPS) is 13.9. The van der Waals surface area contributed by atoms with Crippen molar-refractivity contribution in [3.05, 3.63) is 34.1 Å². The van der Waals surface area contributed by atoms with Gasteiger partial charge in [0.15, 0.2) is 5.54 Å². The van der Waals surface area contributed by atoms with Crippen molar-refractivity contribution in [3.63, 3.8) is 0 Å². The lowest BCUT2D eigenvalue weighted by Gasteiger charge is -2.40. The summed E-state index contributed by atoms with van der Waals surface area (Å²) in [6.45, 7) is 6.00. The SMILES string of the molecule is CC(=O)N(C(C)C)C(C)(C(=O)O)c1ccc(Br)cc1F. The fourth-order valence-corrected chi connectivity index (χ4v) is 2.76. The standard InChI is InChI=1S/C14H17BrFNO3/c1-8(2)17(9(3)18)14(4,13(19)20)11-6-5-10(15)7-12(11)16/h5-8H,1-4H3,(H,19,20). The molecule has 0 heterocycles. The molecule has 0 spiro atoms. The molecule has 0 saturated carbocycles. The van der Waals surface area contributed by atoms with E-state index < -0.39 is 23.2 Å². The number of rotatable bonds is 4. The first-order chi connectivity index (χ1) is 9.12. The van der Waals surface area contributed by atoms with E-state index in [-0.39, 0.29) is 11.6 Å². The first kappa shape index (κ1) is 16.6. The third kappa shape index (κ3) is 2.85. The Morgan fingerprint density at radius 3 is 2.30 bits per heavy atom. The van der Waals surface area contributed by atoms with E-state index in [0.29, 0.717) is 4.47 Å². The molecule has 0 fully saturated rings. The Balaban J connectivity index is 3.56. The molecule has 4 nitrogen and oxygen atoms in total. The van der Waals surface area contributed by atoms with Crippen LogP contribution in [0.2, 0.25) is 0 Å². The lowest BCUT2D eigenvalue weighted by atomic mass is 9.88. The lowest BCUT2D eigenvalue weighted by Crippen LogP contribution is -2.55. The van der Waals surface area contributed by atoms with Gasteiger partial charge in [-0.25, -0.2) is 9.18 Å². The first-order valence-corrected chi connectivity index (χ1v) is 6.90. The molecule has 1 unspecified atom stereocenters. The maximum Gasteiger partial charge on any atom is 0.334 e. The molecule has 1 aromatic carbocycles. The quantitative estimate of drug-likeness (QED) is 0.911. The van der Waals surface area contributed by atoms with Gasteiger partial charge in [0.2, 0.25) is 5.91 Å². The summed E-state index contributed by atoms with van der Waals surface area (Å²) in [5.41, 5.74) is -1.80. The summed E-state index contributed by atoms with van der Waals surface area (Å²) >= 11 is 3.13. The number of aliphatic carboxylic acids is 1. The number of hydrogen-bond acceptors (Lipinski definition) is 2. The van der Waals surface area contributed by atoms with E-state index in [2.05, 4.69) is 15.9 Å². The number of hydrogen-bond donors (Lipinski definition) is 1. The fraction of sp³-hybridized carbons (Fsp3) is 0.429. The zero-order valence-electron chi connectivity index (χ0n) is 11.8. The molecular weight excluding hydrogens is 329 g/mol. The summed E-state index contributed by atoms with van der Waals surface area (Å²) in [4.78, 5) is 24.7. The van der Waals surface area contributed by atoms with Crippen LogP contribution in [0.1, 0.15) is 33.3 Å². The van der Waals surface area contributed by atoms with Crippen LogP contribution in [0.15, 0.2) is 22.7 Å². The van der Waals surface area contributed by atoms with Gasteiger partial charge in [0.25, 0.3) is 0 Å². The highest BCUT2D eigenvalue weighted by atomic mass is 79.9. The predicted octanol–water partition coefficient (Wildman–Crippen LogP) is 3.14. The van der Waals surface area contributed by atoms with E-state index in [4.69, 9.17) is 0 Å². The van der Waals surface area contributed by atoms with Gasteiger partial charge in [0, 0.05) is 23.0 Å². The maximum absolute atomic E-state index is 14.2. The average molecular weight is 346 g/mol. The van der Waals surface area contributed by atoms with Crippen molar-refractivity contribution in [3.8, 4) is 0 Å². The number of carbonyl (C=O) groups is 2. The van der Waals surface area contributed by atoms with E-state index in [1.54, 1.807) is 19.9 Å². The largest absolute Gasteiger partial charge is 0.479 e. The molecule has 6 heteroatoms. The van der Waals surface area contributed by atoms with Gasteiger partial charge in [-0.15, -0.1) is 0 Å². The molecule has 0 bridgehead atoms. The van der Waals surface area contributed by atoms with Crippen LogP contribution in [-0.2, 0) is 15.1 Å². The highest BCUT2D eigenvalue weighted by Gasteiger charge is 2.46. The molecule has 1 rings (SSSR count). The number of nitrogens with zero attached hydrogens (tertiary/aromatic N) is 1. The molecule has 1 aromatic rings. The van der Waals surface area contributed by atoms with Crippen LogP contribution in [0.3, 0.4) is 0 Å². The Hall–Kier alpha value is -1.43. The van der Waals surface area contributed by atoms with Crippen molar-refractivity contribution in [1.82, 2.24) is 4.90 Å². The highest BCUT2D eigenvalue weighted by Crippen LogP contribution is 2.33. The smallest absolute Gasteiger partial charge is 0.334 e. The second-order valence-electron chi connectivity index (χ2n) is 4.98. The van der Waals surface area contributed by atoms with Crippen molar-refractivity contribution in [1.29, 1.82) is 0 Å². The highest BCUT2D eigenvalue weighted by molar-refractivity contribution is 9.10. The number of benzene rings is 1. The summed E-state index contributed by atoms with van der Waals surface area (Å²) in [6.07, 6.45) is 0. The number of carboxylic acids is 1. The van der Waals surface area contributed by atoms with E-state index in [1.165, 1.54) is 30.9 Å². The maximum atomic E-state index is 14.2. The monoisotopic (exact) mass is 345 g/mol. The van der Waals surface area contributed by atoms with Crippen LogP contribution >= 0.6 is 15.9 Å². The van der Waals surface area contributed by atoms with E-state index in [9.17, 15) is 19.1 Å². The minimum Gasteiger partial charge on any atom is -0.479 e. The fourth-order valence-electron chi connectivity index (χ4n) is 2.43. The molecule has 0 saturated heterocycles. The molecule has 1 N–H and O–H groups in total. The molecule has 0 radical (unpaired) electrons. The van der Waals surface area contributed by atoms with Crippen LogP contribution < -0.4 is 0 Å². The minimum absolute atomic E-state index is 0.0444. The number of carbonyl (C=O) groups excluding carboxylic acids is 1. The summed E-state index contributed by atoms with van der Waals surface area (Å²) in [5, 5.41) is 9.58. The van der Waals surface area contributed by atoms with Crippen molar-refractivity contribution >= 4 is 27.8 Å². The van der Waals surface area contributed by atoms with Crippen molar-refractivity contribution < 1.29 is 19.1 Å². The zero-order valence-corrected chi connectivity index (χ0v) is 13.4. The van der Waals surface area contributed by atoms with Crippen LogP contribution in [-0.4, -0.2) is 27.9 Å². The molecule has 0 aliphatic rings. The van der Waals surface area contributed by atoms with E-state index in [1.807, 2.05) is 0 Å². The topological polar surface area (TPSA) is 57.6 Å². The van der Waals surface area contributed by atoms with E-state index in [0.717, 1.165) is 0 Å². The molecule has 1 atom stereocenters. The Morgan fingerprint density at radius 1 is 1.40 bits per heavy atom. The summed E-state index contributed by atoms with van der Waals surface area (Å²) < 4.78 is 14.7. The minimum atomic E-state index is -1.76. The van der Waals surface area contributed by atoms with Gasteiger partial charge in [-0.1, -0.05) is 22.0 Å². The summed E-state index contributed by atoms with van der Waals surface area (Å²) in [6, 6.07) is 3.75. The lowest BCUT2D eigenvalue weighted by molar-refractivity contribution is -0.160. The molecular formula is C14H17BrFNO3. The van der Waals surface area contributed by atoms with Crippen LogP contribution in [0.25, 0.3) is 0 Å². The third-order valence-corrected chi connectivity index (χ3v) is 3.70. The molecule has 1 amide bonds. The Kier molecular flexibility index (Phi) is 4.91. The average Bonchev–Trinajstić information content (AvgIpc) is 2.26. The Labute approximate surface area is 125 Å². The van der Waals surface area contributed by atoms with Gasteiger partial charge in [-0.3, -0.25) is 4.79 Å². The zero-order chi connectivity index (χ0) is 15.7. The number of carboxylic acid groups (broad SMARTS) is 1. The van der Waals surface area contributed by atoms with Crippen molar-refractivity contribution in [2.75, 3.05) is 0 Å². The van der Waals surface area contributed by atoms with Gasteiger partial charge in [-0.05, 0) is 32.9 Å². The first-order valence-electron chi connectivity index (χ1n) is 6.11. The van der Waals surface area contributed by atoms with Gasteiger partial charge in [0.05, 0.1) is 0 Å². The Bertz CT molecular complexity index is 547. The van der Waals surface area contributed by atoms with Gasteiger partial charge in [-0.2, -0.15) is 0 Å². The molecule has 0 aliphatic carbocycles. The van der Waals surface area contributed by atoms with Crippen LogP contribution in [0.4, 0.5) is 4.39 Å². The second kappa shape index (κ2) is 5.91. The van der Waals surface area contributed by atoms with Crippen LogP contribution in [0, 0.1) is 5.82 Å². The summed E-state index contributed by atoms with van der Waals surface area (Å²) in [5.74, 6) is -2.37. The Morgan fingerprint density at radius 2 is 1.95 bits per heavy atom. The third-order valence-electron chi connectivity index (χ3n) is 3.21. The summed E-state index contributed by atoms with van der Waals surface area (Å²) in [7, 11) is 0. The van der Waals surface area contributed by atoms with Gasteiger partial charge >= 0.3 is 5.97 Å². The van der Waals surface area contributed by atoms with Crippen molar-refractivity contribution in [2.24, 2.45) is 0 Å². The molecule has 20 heavy (non-hydrogen) atoms. The van der Waals surface area contributed by atoms with Gasteiger partial charge < -0.3 is 10.0 Å². The van der Waals surface area contributed by atoms with E-state index >= 15 is 0 Å².